The molecule has 0 unspecified atom stereocenters. The van der Waals surface area contributed by atoms with Gasteiger partial charge in [0.15, 0.2) is 6.29 Å². The summed E-state index contributed by atoms with van der Waals surface area (Å²) < 4.78 is 11.1. The molecule has 0 aromatic rings. The lowest BCUT2D eigenvalue weighted by molar-refractivity contribution is -0.303. The first-order valence-electron chi connectivity index (χ1n) is 21.6. The molecule has 320 valence electrons. The number of carbonyl (C=O) groups is 2. The molecule has 1 saturated heterocycles. The molecule has 0 aromatic carbocycles. The van der Waals surface area contributed by atoms with Crippen molar-refractivity contribution < 1.29 is 49.7 Å². The molecule has 0 bridgehead atoms. The monoisotopic (exact) mass is 838 g/mol. The quantitative estimate of drug-likeness (QED) is 0.0287. The Hall–Kier alpha value is -0.900. The minimum Gasteiger partial charge on any atom is -0.394 e. The fraction of sp³-hybridized carbons (Fsp3) is 0.951. The highest BCUT2D eigenvalue weighted by molar-refractivity contribution is 9.09. The van der Waals surface area contributed by atoms with Crippen LogP contribution in [0.2, 0.25) is 0 Å². The number of aliphatic hydroxyl groups excluding tert-OH is 6. The summed E-state index contributed by atoms with van der Waals surface area (Å²) in [5, 5.41) is 68.9. The van der Waals surface area contributed by atoms with Gasteiger partial charge >= 0.3 is 0 Å². The Morgan fingerprint density at radius 3 is 1.72 bits per heavy atom. The number of carbonyl (C=O) groups excluding carboxylic acids is 2. The van der Waals surface area contributed by atoms with Crippen LogP contribution < -0.4 is 10.6 Å². The third-order valence-corrected chi connectivity index (χ3v) is 11.0. The first-order valence-corrected chi connectivity index (χ1v) is 22.7. The fourth-order valence-electron chi connectivity index (χ4n) is 6.89. The Morgan fingerprint density at radius 1 is 0.667 bits per heavy atom. The molecule has 1 aliphatic rings. The Kier molecular flexibility index (Phi) is 32.3. The van der Waals surface area contributed by atoms with Crippen LogP contribution in [0.25, 0.3) is 0 Å². The summed E-state index contributed by atoms with van der Waals surface area (Å²) in [6.45, 7) is 2.04. The van der Waals surface area contributed by atoms with Gasteiger partial charge in [0.05, 0.1) is 25.4 Å². The second kappa shape index (κ2) is 34.2. The summed E-state index contributed by atoms with van der Waals surface area (Å²) in [6, 6.07) is -1.01. The predicted molar refractivity (Wildman–Crippen MR) is 216 cm³/mol. The fourth-order valence-corrected chi connectivity index (χ4v) is 7.28. The van der Waals surface area contributed by atoms with E-state index in [1.807, 2.05) is 0 Å². The van der Waals surface area contributed by atoms with E-state index in [4.69, 9.17) is 9.47 Å². The zero-order chi connectivity index (χ0) is 39.8. The molecule has 0 aromatic heterocycles. The SMILES string of the molecule is CCCCCCCCCCCCCC[C@@H](O)[C@@H](O)[C@H](CO[C@H]1O[C@H](CO)[C@H](O)[C@H](O)[C@H]1O)NC(=O)CCCCCCCCCCCNC(=O)CCCCBr. The van der Waals surface area contributed by atoms with E-state index in [2.05, 4.69) is 33.5 Å². The van der Waals surface area contributed by atoms with Gasteiger partial charge in [0.25, 0.3) is 0 Å². The molecule has 2 amide bonds. The van der Waals surface area contributed by atoms with Crippen LogP contribution in [-0.2, 0) is 19.1 Å². The van der Waals surface area contributed by atoms with Gasteiger partial charge in [-0.25, -0.2) is 0 Å². The second-order valence-electron chi connectivity index (χ2n) is 15.4. The number of unbranched alkanes of at least 4 members (excludes halogenated alkanes) is 20. The van der Waals surface area contributed by atoms with Gasteiger partial charge in [-0.2, -0.15) is 0 Å². The summed E-state index contributed by atoms with van der Waals surface area (Å²) in [6.07, 6.45) is 16.8. The number of hydrogen-bond donors (Lipinski definition) is 8. The molecule has 8 atom stereocenters. The number of aliphatic hydroxyl groups is 6. The summed E-state index contributed by atoms with van der Waals surface area (Å²) in [5.74, 6) is -0.149. The molecule has 54 heavy (non-hydrogen) atoms. The van der Waals surface area contributed by atoms with Gasteiger partial charge in [-0.05, 0) is 32.1 Å². The van der Waals surface area contributed by atoms with Crippen LogP contribution in [0, 0.1) is 0 Å². The molecule has 0 radical (unpaired) electrons. The standard InChI is InChI=1S/C41H79BrN2O10/c1-2-3-4-5-6-7-8-9-11-14-17-20-25-33(46)37(49)32(31-53-41-40(52)39(51)38(50)34(30-45)54-41)44-36(48)27-21-18-15-12-10-13-16-19-24-29-43-35(47)26-22-23-28-42/h32-34,37-41,45-46,49-52H,2-31H2,1H3,(H,43,47)(H,44,48)/t32-,33+,34+,37-,38-,39-,40+,41-/m0/s1. The van der Waals surface area contributed by atoms with Crippen LogP contribution in [0.15, 0.2) is 0 Å². The Labute approximate surface area is 335 Å². The number of amides is 2. The number of rotatable bonds is 36. The summed E-state index contributed by atoms with van der Waals surface area (Å²) in [4.78, 5) is 24.7. The number of alkyl halides is 1. The Morgan fingerprint density at radius 2 is 1.17 bits per heavy atom. The van der Waals surface area contributed by atoms with E-state index in [0.29, 0.717) is 19.3 Å². The average Bonchev–Trinajstić information content (AvgIpc) is 3.16. The number of hydrogen-bond acceptors (Lipinski definition) is 10. The van der Waals surface area contributed by atoms with E-state index in [1.54, 1.807) is 0 Å². The van der Waals surface area contributed by atoms with Crippen molar-refractivity contribution in [2.24, 2.45) is 0 Å². The second-order valence-corrected chi connectivity index (χ2v) is 16.2. The minimum atomic E-state index is -1.62. The summed E-state index contributed by atoms with van der Waals surface area (Å²) >= 11 is 3.38. The van der Waals surface area contributed by atoms with E-state index in [0.717, 1.165) is 102 Å². The van der Waals surface area contributed by atoms with E-state index < -0.39 is 55.6 Å². The normalized spacial score (nSPS) is 21.8. The highest BCUT2D eigenvalue weighted by Gasteiger charge is 2.44. The molecular formula is C41H79BrN2O10. The number of nitrogens with one attached hydrogen (secondary N) is 2. The van der Waals surface area contributed by atoms with Gasteiger partial charge in [-0.3, -0.25) is 9.59 Å². The number of halogens is 1. The summed E-state index contributed by atoms with van der Waals surface area (Å²) in [7, 11) is 0. The first-order chi connectivity index (χ1) is 26.2. The van der Waals surface area contributed by atoms with Crippen LogP contribution in [-0.4, -0.2) is 116 Å². The van der Waals surface area contributed by atoms with Crippen LogP contribution in [0.5, 0.6) is 0 Å². The molecule has 0 saturated carbocycles. The maximum Gasteiger partial charge on any atom is 0.220 e. The van der Waals surface area contributed by atoms with Crippen molar-refractivity contribution in [3.63, 3.8) is 0 Å². The van der Waals surface area contributed by atoms with Crippen molar-refractivity contribution in [3.05, 3.63) is 0 Å². The average molecular weight is 840 g/mol. The van der Waals surface area contributed by atoms with E-state index in [9.17, 15) is 40.2 Å². The van der Waals surface area contributed by atoms with Crippen LogP contribution in [0.4, 0.5) is 0 Å². The van der Waals surface area contributed by atoms with Gasteiger partial charge in [0.1, 0.15) is 30.5 Å². The van der Waals surface area contributed by atoms with Crippen molar-refractivity contribution in [1.82, 2.24) is 10.6 Å². The lowest BCUT2D eigenvalue weighted by atomic mass is 9.98. The van der Waals surface area contributed by atoms with Crippen molar-refractivity contribution in [2.45, 2.75) is 223 Å². The molecule has 1 heterocycles. The van der Waals surface area contributed by atoms with Gasteiger partial charge in [0.2, 0.25) is 11.8 Å². The number of ether oxygens (including phenoxy) is 2. The Bertz CT molecular complexity index is 904. The highest BCUT2D eigenvalue weighted by atomic mass is 79.9. The zero-order valence-electron chi connectivity index (χ0n) is 33.5. The van der Waals surface area contributed by atoms with Crippen molar-refractivity contribution in [2.75, 3.05) is 25.1 Å². The van der Waals surface area contributed by atoms with E-state index >= 15 is 0 Å². The third kappa shape index (κ3) is 24.7. The van der Waals surface area contributed by atoms with Crippen LogP contribution in [0.3, 0.4) is 0 Å². The topological polar surface area (TPSA) is 198 Å². The van der Waals surface area contributed by atoms with Crippen LogP contribution in [0.1, 0.15) is 174 Å². The molecular weight excluding hydrogens is 760 g/mol. The molecule has 12 nitrogen and oxygen atoms in total. The van der Waals surface area contributed by atoms with Gasteiger partial charge < -0.3 is 50.7 Å². The van der Waals surface area contributed by atoms with E-state index in [-0.39, 0.29) is 24.8 Å². The van der Waals surface area contributed by atoms with E-state index in [1.165, 1.54) is 51.4 Å². The Balaban J connectivity index is 2.41. The molecule has 0 spiro atoms. The van der Waals surface area contributed by atoms with Crippen molar-refractivity contribution in [3.8, 4) is 0 Å². The minimum absolute atomic E-state index is 0.139. The molecule has 1 rings (SSSR count). The van der Waals surface area contributed by atoms with Crippen molar-refractivity contribution >= 4 is 27.7 Å². The van der Waals surface area contributed by atoms with Crippen molar-refractivity contribution in [1.29, 1.82) is 0 Å². The smallest absolute Gasteiger partial charge is 0.220 e. The van der Waals surface area contributed by atoms with Crippen LogP contribution >= 0.6 is 15.9 Å². The van der Waals surface area contributed by atoms with Gasteiger partial charge in [-0.15, -0.1) is 0 Å². The molecule has 13 heteroatoms. The lowest BCUT2D eigenvalue weighted by Crippen LogP contribution is -2.60. The zero-order valence-corrected chi connectivity index (χ0v) is 35.1. The predicted octanol–water partition coefficient (Wildman–Crippen LogP) is 5.68. The molecule has 8 N–H and O–H groups in total. The highest BCUT2D eigenvalue weighted by Crippen LogP contribution is 2.23. The molecule has 1 aliphatic heterocycles. The first kappa shape index (κ1) is 51.1. The maximum atomic E-state index is 13.0. The molecule has 1 fully saturated rings. The van der Waals surface area contributed by atoms with Gasteiger partial charge in [-0.1, -0.05) is 145 Å². The molecule has 0 aliphatic carbocycles. The maximum absolute atomic E-state index is 13.0. The van der Waals surface area contributed by atoms with Gasteiger partial charge in [0, 0.05) is 24.7 Å². The summed E-state index contributed by atoms with van der Waals surface area (Å²) in [5.41, 5.74) is 0. The third-order valence-electron chi connectivity index (χ3n) is 10.5. The lowest BCUT2D eigenvalue weighted by Gasteiger charge is -2.40. The largest absolute Gasteiger partial charge is 0.394 e.